The summed E-state index contributed by atoms with van der Waals surface area (Å²) in [4.78, 5) is 9.93. The fourth-order valence-corrected chi connectivity index (χ4v) is 2.97. The quantitative estimate of drug-likeness (QED) is 0.427. The van der Waals surface area contributed by atoms with Gasteiger partial charge in [-0.25, -0.2) is 4.98 Å². The van der Waals surface area contributed by atoms with Crippen molar-refractivity contribution >= 4 is 41.3 Å². The van der Waals surface area contributed by atoms with Crippen molar-refractivity contribution in [2.24, 2.45) is 10.9 Å². The summed E-state index contributed by atoms with van der Waals surface area (Å²) in [5, 5.41) is 4.55. The van der Waals surface area contributed by atoms with E-state index in [4.69, 9.17) is 0 Å². The number of rotatable bonds is 2. The molecule has 0 saturated carbocycles. The molecule has 0 bridgehead atoms. The van der Waals surface area contributed by atoms with Crippen LogP contribution in [0.1, 0.15) is 30.5 Å². The third kappa shape index (κ3) is 5.25. The molecular formula is C13H20F3IN4S. The topological polar surface area (TPSA) is 40.5 Å². The number of aromatic nitrogens is 1. The number of nitrogens with zero attached hydrogens (tertiary/aromatic N) is 3. The van der Waals surface area contributed by atoms with Crippen LogP contribution < -0.4 is 5.32 Å². The number of likely N-dealkylation sites (tertiary alicyclic amines) is 1. The van der Waals surface area contributed by atoms with Gasteiger partial charge in [0, 0.05) is 25.5 Å². The van der Waals surface area contributed by atoms with Crippen molar-refractivity contribution < 1.29 is 13.2 Å². The Kier molecular flexibility index (Phi) is 7.36. The minimum absolute atomic E-state index is 0. The Bertz CT molecular complexity index is 496. The highest BCUT2D eigenvalue weighted by molar-refractivity contribution is 14.0. The number of nitrogens with one attached hydrogen (secondary N) is 1. The van der Waals surface area contributed by atoms with E-state index in [9.17, 15) is 13.2 Å². The molecule has 2 rings (SSSR count). The molecule has 1 aromatic heterocycles. The van der Waals surface area contributed by atoms with E-state index in [1.807, 2.05) is 0 Å². The van der Waals surface area contributed by atoms with Crippen LogP contribution in [0.4, 0.5) is 13.2 Å². The van der Waals surface area contributed by atoms with Crippen LogP contribution in [0.5, 0.6) is 0 Å². The SMILES string of the molecule is CN=C(NCc1nc(C(F)(F)F)cs1)N1CCC(C)CC1.I. The maximum atomic E-state index is 12.5. The average molecular weight is 448 g/mol. The van der Waals surface area contributed by atoms with Gasteiger partial charge in [0.1, 0.15) is 5.01 Å². The maximum absolute atomic E-state index is 12.5. The van der Waals surface area contributed by atoms with Crippen LogP contribution in [0.3, 0.4) is 0 Å². The molecule has 1 aromatic rings. The van der Waals surface area contributed by atoms with Crippen LogP contribution in [0.15, 0.2) is 10.4 Å². The highest BCUT2D eigenvalue weighted by Gasteiger charge is 2.33. The summed E-state index contributed by atoms with van der Waals surface area (Å²) < 4.78 is 37.5. The number of hydrogen-bond donors (Lipinski definition) is 1. The molecule has 0 aromatic carbocycles. The van der Waals surface area contributed by atoms with Gasteiger partial charge in [0.05, 0.1) is 6.54 Å². The second-order valence-electron chi connectivity index (χ2n) is 5.19. The van der Waals surface area contributed by atoms with E-state index >= 15 is 0 Å². The number of thiazole rings is 1. The maximum Gasteiger partial charge on any atom is 0.434 e. The predicted molar refractivity (Wildman–Crippen MR) is 92.7 cm³/mol. The molecule has 126 valence electrons. The predicted octanol–water partition coefficient (Wildman–Crippen LogP) is 3.59. The number of piperidine rings is 1. The van der Waals surface area contributed by atoms with Gasteiger partial charge in [-0.2, -0.15) is 13.2 Å². The number of halogens is 4. The van der Waals surface area contributed by atoms with Crippen molar-refractivity contribution in [3.05, 3.63) is 16.1 Å². The fourth-order valence-electron chi connectivity index (χ4n) is 2.23. The lowest BCUT2D eigenvalue weighted by molar-refractivity contribution is -0.140. The molecule has 0 atom stereocenters. The summed E-state index contributed by atoms with van der Waals surface area (Å²) in [6.07, 6.45) is -2.16. The molecule has 0 spiro atoms. The van der Waals surface area contributed by atoms with Crippen LogP contribution in [-0.2, 0) is 12.7 Å². The zero-order valence-corrected chi connectivity index (χ0v) is 15.6. The van der Waals surface area contributed by atoms with E-state index < -0.39 is 11.9 Å². The third-order valence-electron chi connectivity index (χ3n) is 3.53. The number of aliphatic imine (C=N–C) groups is 1. The van der Waals surface area contributed by atoms with Crippen LogP contribution >= 0.6 is 35.3 Å². The summed E-state index contributed by atoms with van der Waals surface area (Å²) in [6.45, 7) is 4.33. The third-order valence-corrected chi connectivity index (χ3v) is 4.38. The van der Waals surface area contributed by atoms with Crippen molar-refractivity contribution in [3.63, 3.8) is 0 Å². The van der Waals surface area contributed by atoms with Gasteiger partial charge in [0.2, 0.25) is 0 Å². The molecule has 1 aliphatic rings. The Balaban J connectivity index is 0.00000242. The average Bonchev–Trinajstić information content (AvgIpc) is 2.90. The smallest absolute Gasteiger partial charge is 0.350 e. The molecule has 0 aliphatic carbocycles. The lowest BCUT2D eigenvalue weighted by atomic mass is 10.00. The monoisotopic (exact) mass is 448 g/mol. The second-order valence-corrected chi connectivity index (χ2v) is 6.14. The van der Waals surface area contributed by atoms with Gasteiger partial charge in [-0.1, -0.05) is 6.92 Å². The van der Waals surface area contributed by atoms with Gasteiger partial charge in [0.15, 0.2) is 11.7 Å². The molecule has 1 fully saturated rings. The first-order valence-electron chi connectivity index (χ1n) is 6.87. The Morgan fingerprint density at radius 3 is 2.59 bits per heavy atom. The lowest BCUT2D eigenvalue weighted by Gasteiger charge is -2.32. The molecule has 1 N–H and O–H groups in total. The standard InChI is InChI=1S/C13H19F3N4S.HI/c1-9-3-5-20(6-4-9)12(17-2)18-7-11-19-10(8-21-11)13(14,15)16;/h8-9H,3-7H2,1-2H3,(H,17,18);1H. The van der Waals surface area contributed by atoms with Crippen molar-refractivity contribution in [1.29, 1.82) is 0 Å². The Morgan fingerprint density at radius 2 is 2.09 bits per heavy atom. The fraction of sp³-hybridized carbons (Fsp3) is 0.692. The molecule has 1 saturated heterocycles. The van der Waals surface area contributed by atoms with Gasteiger partial charge >= 0.3 is 6.18 Å². The van der Waals surface area contributed by atoms with Crippen molar-refractivity contribution in [2.75, 3.05) is 20.1 Å². The molecular weight excluding hydrogens is 428 g/mol. The summed E-state index contributed by atoms with van der Waals surface area (Å²) in [6, 6.07) is 0. The molecule has 2 heterocycles. The van der Waals surface area contributed by atoms with Crippen LogP contribution in [0.2, 0.25) is 0 Å². The Morgan fingerprint density at radius 1 is 1.45 bits per heavy atom. The highest BCUT2D eigenvalue weighted by Crippen LogP contribution is 2.29. The van der Waals surface area contributed by atoms with E-state index in [0.717, 1.165) is 48.6 Å². The van der Waals surface area contributed by atoms with Gasteiger partial charge < -0.3 is 10.2 Å². The van der Waals surface area contributed by atoms with Gasteiger partial charge in [-0.05, 0) is 18.8 Å². The van der Waals surface area contributed by atoms with E-state index in [1.54, 1.807) is 7.05 Å². The molecule has 0 amide bonds. The van der Waals surface area contributed by atoms with E-state index in [1.165, 1.54) is 0 Å². The Hall–Kier alpha value is -0.580. The summed E-state index contributed by atoms with van der Waals surface area (Å²) in [5.74, 6) is 1.44. The molecule has 0 unspecified atom stereocenters. The first kappa shape index (κ1) is 19.5. The molecule has 4 nitrogen and oxygen atoms in total. The first-order valence-corrected chi connectivity index (χ1v) is 7.75. The van der Waals surface area contributed by atoms with Gasteiger partial charge in [-0.15, -0.1) is 35.3 Å². The Labute approximate surface area is 149 Å². The van der Waals surface area contributed by atoms with Gasteiger partial charge in [0.25, 0.3) is 0 Å². The zero-order chi connectivity index (χ0) is 15.5. The molecule has 9 heteroatoms. The number of alkyl halides is 3. The normalized spacial score (nSPS) is 17.3. The first-order chi connectivity index (χ1) is 9.90. The molecule has 1 aliphatic heterocycles. The summed E-state index contributed by atoms with van der Waals surface area (Å²) in [5.41, 5.74) is -0.828. The van der Waals surface area contributed by atoms with Crippen LogP contribution in [0, 0.1) is 5.92 Å². The van der Waals surface area contributed by atoms with Crippen molar-refractivity contribution in [2.45, 2.75) is 32.5 Å². The van der Waals surface area contributed by atoms with E-state index in [0.29, 0.717) is 10.9 Å². The molecule has 22 heavy (non-hydrogen) atoms. The number of hydrogen-bond acceptors (Lipinski definition) is 3. The number of guanidine groups is 1. The van der Waals surface area contributed by atoms with E-state index in [2.05, 4.69) is 27.1 Å². The van der Waals surface area contributed by atoms with Crippen molar-refractivity contribution in [3.8, 4) is 0 Å². The van der Waals surface area contributed by atoms with Crippen molar-refractivity contribution in [1.82, 2.24) is 15.2 Å². The summed E-state index contributed by atoms with van der Waals surface area (Å²) >= 11 is 1.01. The zero-order valence-electron chi connectivity index (χ0n) is 12.5. The minimum Gasteiger partial charge on any atom is -0.350 e. The highest BCUT2D eigenvalue weighted by atomic mass is 127. The molecule has 0 radical (unpaired) electrons. The van der Waals surface area contributed by atoms with Crippen LogP contribution in [0.25, 0.3) is 0 Å². The lowest BCUT2D eigenvalue weighted by Crippen LogP contribution is -2.45. The van der Waals surface area contributed by atoms with E-state index in [-0.39, 0.29) is 30.5 Å². The second kappa shape index (κ2) is 8.32. The summed E-state index contributed by atoms with van der Waals surface area (Å²) in [7, 11) is 1.68. The van der Waals surface area contributed by atoms with Gasteiger partial charge in [-0.3, -0.25) is 4.99 Å². The minimum atomic E-state index is -4.38. The van der Waals surface area contributed by atoms with Crippen LogP contribution in [-0.4, -0.2) is 36.0 Å². The largest absolute Gasteiger partial charge is 0.434 e.